The molecule has 1 aromatic rings. The number of benzene rings is 1. The molecular formula is C9H11ClO2. The Morgan fingerprint density at radius 2 is 1.92 bits per heavy atom. The van der Waals surface area contributed by atoms with Gasteiger partial charge in [0.1, 0.15) is 5.75 Å². The van der Waals surface area contributed by atoms with Gasteiger partial charge in [0.15, 0.2) is 6.61 Å². The van der Waals surface area contributed by atoms with Crippen LogP contribution in [0.25, 0.3) is 0 Å². The minimum absolute atomic E-state index is 0. The first-order valence-electron chi connectivity index (χ1n) is 3.15. The Morgan fingerprint density at radius 1 is 1.33 bits per heavy atom. The highest BCUT2D eigenvalue weighted by Crippen LogP contribution is 2.07. The van der Waals surface area contributed by atoms with E-state index in [0.717, 1.165) is 0 Å². The van der Waals surface area contributed by atoms with Crippen molar-refractivity contribution in [2.75, 3.05) is 6.61 Å². The molecule has 0 aliphatic heterocycles. The van der Waals surface area contributed by atoms with E-state index in [2.05, 4.69) is 0 Å². The molecule has 0 saturated carbocycles. The second kappa shape index (κ2) is 5.61. The van der Waals surface area contributed by atoms with Crippen LogP contribution >= 0.6 is 11.6 Å². The quantitative estimate of drug-likeness (QED) is 0.678. The smallest absolute Gasteiger partial charge is 0.259 e. The number of halogens is 1. The van der Waals surface area contributed by atoms with Crippen molar-refractivity contribution in [2.45, 2.75) is 7.43 Å². The van der Waals surface area contributed by atoms with Gasteiger partial charge in [0.25, 0.3) is 5.24 Å². The van der Waals surface area contributed by atoms with Gasteiger partial charge in [-0.15, -0.1) is 0 Å². The molecule has 1 aromatic carbocycles. The molecule has 0 bridgehead atoms. The third kappa shape index (κ3) is 3.98. The van der Waals surface area contributed by atoms with Gasteiger partial charge in [-0.1, -0.05) is 25.6 Å². The zero-order valence-electron chi connectivity index (χ0n) is 5.79. The fourth-order valence-corrected chi connectivity index (χ4v) is 0.711. The summed E-state index contributed by atoms with van der Waals surface area (Å²) in [4.78, 5) is 10.3. The lowest BCUT2D eigenvalue weighted by atomic mass is 10.3. The SMILES string of the molecule is C.O=C(Cl)COc1ccccc1. The Balaban J connectivity index is 0.00000121. The number of hydrogen-bond donors (Lipinski definition) is 0. The number of hydrogen-bond acceptors (Lipinski definition) is 2. The molecule has 0 aromatic heterocycles. The van der Waals surface area contributed by atoms with Crippen LogP contribution in [-0.4, -0.2) is 11.8 Å². The summed E-state index contributed by atoms with van der Waals surface area (Å²) in [6.07, 6.45) is 0. The minimum atomic E-state index is -0.492. The minimum Gasteiger partial charge on any atom is -0.484 e. The van der Waals surface area contributed by atoms with Crippen molar-refractivity contribution in [1.29, 1.82) is 0 Å². The predicted octanol–water partition coefficient (Wildman–Crippen LogP) is 2.47. The van der Waals surface area contributed by atoms with Crippen molar-refractivity contribution in [3.63, 3.8) is 0 Å². The Labute approximate surface area is 77.1 Å². The van der Waals surface area contributed by atoms with Crippen molar-refractivity contribution in [2.24, 2.45) is 0 Å². The lowest BCUT2D eigenvalue weighted by Crippen LogP contribution is -2.03. The molecule has 0 unspecified atom stereocenters. The molecule has 0 saturated heterocycles. The van der Waals surface area contributed by atoms with Gasteiger partial charge < -0.3 is 4.74 Å². The molecule has 66 valence electrons. The average Bonchev–Trinajstić information content (AvgIpc) is 2.03. The second-order valence-electron chi connectivity index (χ2n) is 1.96. The van der Waals surface area contributed by atoms with Gasteiger partial charge in [-0.2, -0.15) is 0 Å². The van der Waals surface area contributed by atoms with E-state index in [1.165, 1.54) is 0 Å². The van der Waals surface area contributed by atoms with Gasteiger partial charge in [0.2, 0.25) is 0 Å². The largest absolute Gasteiger partial charge is 0.484 e. The molecule has 0 aliphatic carbocycles. The summed E-state index contributed by atoms with van der Waals surface area (Å²) in [5.41, 5.74) is 0. The van der Waals surface area contributed by atoms with Crippen molar-refractivity contribution in [3.8, 4) is 5.75 Å². The second-order valence-corrected chi connectivity index (χ2v) is 2.38. The Kier molecular flexibility index (Phi) is 5.13. The fraction of sp³-hybridized carbons (Fsp3) is 0.222. The third-order valence-electron chi connectivity index (χ3n) is 1.10. The highest BCUT2D eigenvalue weighted by atomic mass is 35.5. The summed E-state index contributed by atoms with van der Waals surface area (Å²) in [6, 6.07) is 9.05. The first-order chi connectivity index (χ1) is 5.29. The molecule has 0 spiro atoms. The Bertz CT molecular complexity index is 234. The monoisotopic (exact) mass is 186 g/mol. The number of para-hydroxylation sites is 1. The maximum absolute atomic E-state index is 10.3. The van der Waals surface area contributed by atoms with Crippen molar-refractivity contribution in [3.05, 3.63) is 30.3 Å². The molecule has 0 aliphatic rings. The summed E-state index contributed by atoms with van der Waals surface area (Å²) in [5.74, 6) is 0.654. The van der Waals surface area contributed by atoms with E-state index in [1.807, 2.05) is 18.2 Å². The van der Waals surface area contributed by atoms with Crippen LogP contribution in [0, 0.1) is 0 Å². The lowest BCUT2D eigenvalue weighted by molar-refractivity contribution is -0.113. The van der Waals surface area contributed by atoms with Crippen LogP contribution < -0.4 is 4.74 Å². The van der Waals surface area contributed by atoms with Crippen LogP contribution in [0.1, 0.15) is 7.43 Å². The molecule has 0 N–H and O–H groups in total. The van der Waals surface area contributed by atoms with Crippen molar-refractivity contribution in [1.82, 2.24) is 0 Å². The van der Waals surface area contributed by atoms with E-state index in [1.54, 1.807) is 12.1 Å². The van der Waals surface area contributed by atoms with Crippen molar-refractivity contribution < 1.29 is 9.53 Å². The standard InChI is InChI=1S/C8H7ClO2.CH4/c9-8(10)6-11-7-4-2-1-3-5-7;/h1-5H,6H2;1H4. The molecule has 0 fully saturated rings. The number of carbonyl (C=O) groups excluding carboxylic acids is 1. The highest BCUT2D eigenvalue weighted by molar-refractivity contribution is 6.63. The van der Waals surface area contributed by atoms with E-state index >= 15 is 0 Å². The predicted molar refractivity (Wildman–Crippen MR) is 49.5 cm³/mol. The molecule has 1 rings (SSSR count). The topological polar surface area (TPSA) is 26.3 Å². The van der Waals surface area contributed by atoms with Crippen LogP contribution in [-0.2, 0) is 4.79 Å². The van der Waals surface area contributed by atoms with E-state index in [4.69, 9.17) is 16.3 Å². The number of rotatable bonds is 3. The van der Waals surface area contributed by atoms with Gasteiger partial charge in [-0.25, -0.2) is 0 Å². The first kappa shape index (κ1) is 11.0. The molecule has 3 heteroatoms. The zero-order chi connectivity index (χ0) is 8.10. The van der Waals surface area contributed by atoms with E-state index in [-0.39, 0.29) is 14.0 Å². The van der Waals surface area contributed by atoms with Gasteiger partial charge >= 0.3 is 0 Å². The van der Waals surface area contributed by atoms with Crippen LogP contribution in [0.2, 0.25) is 0 Å². The number of ether oxygens (including phenoxy) is 1. The fourth-order valence-electron chi connectivity index (χ4n) is 0.657. The third-order valence-corrected chi connectivity index (χ3v) is 1.20. The Morgan fingerprint density at radius 3 is 2.42 bits per heavy atom. The first-order valence-corrected chi connectivity index (χ1v) is 3.53. The Hall–Kier alpha value is -1.02. The van der Waals surface area contributed by atoms with Crippen molar-refractivity contribution >= 4 is 16.8 Å². The van der Waals surface area contributed by atoms with Crippen LogP contribution in [0.4, 0.5) is 0 Å². The average molecular weight is 187 g/mol. The van der Waals surface area contributed by atoms with Gasteiger partial charge in [0.05, 0.1) is 0 Å². The van der Waals surface area contributed by atoms with Crippen LogP contribution in [0.5, 0.6) is 5.75 Å². The molecule has 0 radical (unpaired) electrons. The van der Waals surface area contributed by atoms with Crippen LogP contribution in [0.15, 0.2) is 30.3 Å². The molecule has 2 nitrogen and oxygen atoms in total. The van der Waals surface area contributed by atoms with E-state index in [9.17, 15) is 4.79 Å². The molecule has 0 amide bonds. The van der Waals surface area contributed by atoms with Gasteiger partial charge in [-0.05, 0) is 23.7 Å². The van der Waals surface area contributed by atoms with Gasteiger partial charge in [-0.3, -0.25) is 4.79 Å². The zero-order valence-corrected chi connectivity index (χ0v) is 6.54. The normalized spacial score (nSPS) is 8.42. The molecular weight excluding hydrogens is 176 g/mol. The summed E-state index contributed by atoms with van der Waals surface area (Å²) in [6.45, 7) is -0.0778. The summed E-state index contributed by atoms with van der Waals surface area (Å²) in [7, 11) is 0. The summed E-state index contributed by atoms with van der Waals surface area (Å²) < 4.78 is 4.99. The maximum atomic E-state index is 10.3. The summed E-state index contributed by atoms with van der Waals surface area (Å²) >= 11 is 5.06. The number of carbonyl (C=O) groups is 1. The lowest BCUT2D eigenvalue weighted by Gasteiger charge is -2.00. The van der Waals surface area contributed by atoms with E-state index < -0.39 is 5.24 Å². The molecule has 12 heavy (non-hydrogen) atoms. The maximum Gasteiger partial charge on any atom is 0.259 e. The van der Waals surface area contributed by atoms with Gasteiger partial charge in [0, 0.05) is 0 Å². The summed E-state index contributed by atoms with van der Waals surface area (Å²) in [5, 5.41) is -0.492. The molecule has 0 atom stereocenters. The van der Waals surface area contributed by atoms with Crippen LogP contribution in [0.3, 0.4) is 0 Å². The molecule has 0 heterocycles. The van der Waals surface area contributed by atoms with E-state index in [0.29, 0.717) is 5.75 Å². The highest BCUT2D eigenvalue weighted by Gasteiger charge is 1.95.